The number of hydrogen-bond acceptors (Lipinski definition) is 19. The number of nitrogens with one attached hydrogen (secondary N) is 5. The maximum Gasteiger partial charge on any atom is 0.433 e. The third-order valence-electron chi connectivity index (χ3n) is 9.93. The minimum absolute atomic E-state index is 0.00670. The summed E-state index contributed by atoms with van der Waals surface area (Å²) in [6.45, 7) is 10.9. The fourth-order valence-corrected chi connectivity index (χ4v) is 6.56. The first-order valence-corrected chi connectivity index (χ1v) is 26.7. The first-order valence-electron chi connectivity index (χ1n) is 24.8. The summed E-state index contributed by atoms with van der Waals surface area (Å²) in [6, 6.07) is 20.9. The highest BCUT2D eigenvalue weighted by Crippen LogP contribution is 2.32. The zero-order valence-electron chi connectivity index (χ0n) is 45.9. The molecule has 8 aromatic rings. The van der Waals surface area contributed by atoms with Crippen molar-refractivity contribution >= 4 is 89.4 Å². The van der Waals surface area contributed by atoms with Crippen LogP contribution in [0.4, 0.5) is 55.2 Å². The molecule has 0 radical (unpaired) electrons. The number of fused-ring (bicyclic) bond motifs is 2. The summed E-state index contributed by atoms with van der Waals surface area (Å²) in [5, 5.41) is 50.8. The predicted octanol–water partition coefficient (Wildman–Crippen LogP) is 6.37. The van der Waals surface area contributed by atoms with Gasteiger partial charge in [-0.1, -0.05) is 28.1 Å². The lowest BCUT2D eigenvalue weighted by molar-refractivity contribution is -0.141. The molecular weight excluding hydrogens is 1250 g/mol. The second-order valence-corrected chi connectivity index (χ2v) is 20.9. The molecule has 24 nitrogen and oxygen atoms in total. The van der Waals surface area contributed by atoms with Crippen molar-refractivity contribution in [1.82, 2.24) is 59.8 Å². The average molecular weight is 1310 g/mol. The van der Waals surface area contributed by atoms with Crippen LogP contribution in [0.3, 0.4) is 0 Å². The lowest BCUT2D eigenvalue weighted by Crippen LogP contribution is -2.39. The van der Waals surface area contributed by atoms with Crippen molar-refractivity contribution in [3.05, 3.63) is 126 Å². The van der Waals surface area contributed by atoms with E-state index in [4.69, 9.17) is 21.7 Å². The number of primary amides is 2. The van der Waals surface area contributed by atoms with E-state index in [1.54, 1.807) is 109 Å². The first-order chi connectivity index (χ1) is 39.1. The topological polar surface area (TPSA) is 362 Å². The van der Waals surface area contributed by atoms with Crippen molar-refractivity contribution in [2.24, 2.45) is 17.2 Å². The lowest BCUT2D eigenvalue weighted by atomic mass is 10.1. The van der Waals surface area contributed by atoms with Gasteiger partial charge in [-0.2, -0.15) is 26.3 Å². The van der Waals surface area contributed by atoms with Crippen LogP contribution >= 0.6 is 31.9 Å². The van der Waals surface area contributed by atoms with E-state index in [2.05, 4.69) is 104 Å². The Bertz CT molecular complexity index is 3440. The van der Waals surface area contributed by atoms with Crippen LogP contribution in [0, 0.1) is 0 Å². The number of amides is 3. The Balaban J connectivity index is 0.000000274. The summed E-state index contributed by atoms with van der Waals surface area (Å²) in [5.41, 5.74) is 12.5. The molecule has 0 bridgehead atoms. The maximum absolute atomic E-state index is 13.1. The van der Waals surface area contributed by atoms with E-state index < -0.39 is 46.5 Å². The second-order valence-electron chi connectivity index (χ2n) is 19.6. The number of halogens is 8. The average Bonchev–Trinajstić information content (AvgIpc) is 4.17. The van der Waals surface area contributed by atoms with Crippen molar-refractivity contribution in [3.63, 3.8) is 0 Å². The summed E-state index contributed by atoms with van der Waals surface area (Å²) in [7, 11) is 0. The molecule has 8 rings (SSSR count). The SMILES string of the molecule is CC(C)(O)CN.CC(C)(O)CNCC(=O)Nc1cc(Nc2nc(-c3cccc(C(F)(F)F)n3)nn3cccc23)ccn1.CC(C)(O)CNCC(N)=O.FC(F)(F)c1cccc(-c2nc(Nc3ccnc(Br)c3)c3cccn3n2)n1.NC(=O)CBr. The number of anilines is 5. The Kier molecular flexibility index (Phi) is 25.0. The molecule has 0 aliphatic carbocycles. The van der Waals surface area contributed by atoms with Gasteiger partial charge in [0.1, 0.15) is 44.2 Å². The zero-order valence-corrected chi connectivity index (χ0v) is 49.1. The van der Waals surface area contributed by atoms with E-state index in [1.165, 1.54) is 39.5 Å². The van der Waals surface area contributed by atoms with E-state index in [9.17, 15) is 45.8 Å². The van der Waals surface area contributed by atoms with Crippen LogP contribution in [0.5, 0.6) is 0 Å². The fraction of sp³-hybridized carbons (Fsp3) is 0.327. The van der Waals surface area contributed by atoms with E-state index in [0.717, 1.165) is 12.1 Å². The monoisotopic (exact) mass is 1310 g/mol. The van der Waals surface area contributed by atoms with Crippen molar-refractivity contribution in [1.29, 1.82) is 0 Å². The Morgan fingerprint density at radius 1 is 0.595 bits per heavy atom. The highest BCUT2D eigenvalue weighted by molar-refractivity contribution is 9.10. The zero-order chi connectivity index (χ0) is 62.6. The van der Waals surface area contributed by atoms with Crippen LogP contribution in [-0.4, -0.2) is 137 Å². The van der Waals surface area contributed by atoms with Crippen LogP contribution in [0.1, 0.15) is 52.9 Å². The number of carbonyl (C=O) groups is 3. The number of alkyl halides is 7. The Hall–Kier alpha value is -7.85. The number of pyridine rings is 4. The summed E-state index contributed by atoms with van der Waals surface area (Å²) in [5.74, 6) is -0.00242. The normalized spacial score (nSPS) is 11.6. The minimum Gasteiger partial charge on any atom is -0.389 e. The van der Waals surface area contributed by atoms with E-state index in [1.807, 2.05) is 0 Å². The molecule has 0 aliphatic heterocycles. The number of carbonyl (C=O) groups excluding carboxylic acids is 3. The van der Waals surface area contributed by atoms with Crippen molar-refractivity contribution < 1.29 is 56.0 Å². The molecule has 0 unspecified atom stereocenters. The molecule has 32 heteroatoms. The lowest BCUT2D eigenvalue weighted by Gasteiger charge is -2.17. The summed E-state index contributed by atoms with van der Waals surface area (Å²) >= 11 is 6.13. The molecule has 0 spiro atoms. The van der Waals surface area contributed by atoms with Gasteiger partial charge in [0.15, 0.2) is 11.6 Å². The molecule has 452 valence electrons. The van der Waals surface area contributed by atoms with Gasteiger partial charge in [-0.25, -0.2) is 38.9 Å². The van der Waals surface area contributed by atoms with Crippen molar-refractivity contribution in [2.75, 3.05) is 54.0 Å². The fourth-order valence-electron chi connectivity index (χ4n) is 6.20. The van der Waals surface area contributed by atoms with Gasteiger partial charge in [-0.15, -0.1) is 10.2 Å². The summed E-state index contributed by atoms with van der Waals surface area (Å²) < 4.78 is 81.9. The van der Waals surface area contributed by atoms with Gasteiger partial charge in [-0.05, 0) is 124 Å². The van der Waals surface area contributed by atoms with Gasteiger partial charge in [0.05, 0.1) is 35.2 Å². The minimum atomic E-state index is -4.60. The molecule has 0 aromatic carbocycles. The Labute approximate surface area is 493 Å². The molecule has 0 saturated heterocycles. The third kappa shape index (κ3) is 24.5. The number of hydrogen-bond donors (Lipinski definition) is 11. The largest absolute Gasteiger partial charge is 0.433 e. The van der Waals surface area contributed by atoms with Crippen molar-refractivity contribution in [2.45, 2.75) is 70.7 Å². The van der Waals surface area contributed by atoms with Crippen LogP contribution < -0.4 is 43.8 Å². The summed E-state index contributed by atoms with van der Waals surface area (Å²) in [6.07, 6.45) is -2.74. The quantitative estimate of drug-likeness (QED) is 0.0268. The van der Waals surface area contributed by atoms with Crippen LogP contribution in [0.25, 0.3) is 34.1 Å². The van der Waals surface area contributed by atoms with Gasteiger partial charge in [0, 0.05) is 61.9 Å². The smallest absolute Gasteiger partial charge is 0.389 e. The molecular formula is C52H62Br2F6N18O6. The predicted molar refractivity (Wildman–Crippen MR) is 310 cm³/mol. The maximum atomic E-state index is 13.1. The number of aliphatic hydroxyl groups is 3. The number of nitrogens with zero attached hydrogens (tertiary/aromatic N) is 10. The molecule has 84 heavy (non-hydrogen) atoms. The number of nitrogens with two attached hydrogens (primary N) is 3. The van der Waals surface area contributed by atoms with Gasteiger partial charge in [-0.3, -0.25) is 14.4 Å². The van der Waals surface area contributed by atoms with Crippen LogP contribution in [0.2, 0.25) is 0 Å². The molecule has 0 saturated carbocycles. The highest BCUT2D eigenvalue weighted by atomic mass is 79.9. The molecule has 8 aromatic heterocycles. The van der Waals surface area contributed by atoms with E-state index >= 15 is 0 Å². The van der Waals surface area contributed by atoms with E-state index in [0.29, 0.717) is 51.7 Å². The molecule has 0 aliphatic rings. The van der Waals surface area contributed by atoms with E-state index in [-0.39, 0.29) is 65.6 Å². The van der Waals surface area contributed by atoms with Gasteiger partial charge >= 0.3 is 12.4 Å². The molecule has 0 atom stereocenters. The Morgan fingerprint density at radius 2 is 1.02 bits per heavy atom. The van der Waals surface area contributed by atoms with Crippen LogP contribution in [-0.2, 0) is 26.7 Å². The highest BCUT2D eigenvalue weighted by Gasteiger charge is 2.34. The molecule has 14 N–H and O–H groups in total. The molecule has 3 amide bonds. The van der Waals surface area contributed by atoms with Crippen molar-refractivity contribution in [3.8, 4) is 23.0 Å². The first kappa shape index (κ1) is 68.6. The van der Waals surface area contributed by atoms with Gasteiger partial charge in [0.25, 0.3) is 0 Å². The third-order valence-corrected chi connectivity index (χ3v) is 10.9. The van der Waals surface area contributed by atoms with Gasteiger partial charge in [0.2, 0.25) is 29.4 Å². The van der Waals surface area contributed by atoms with Crippen LogP contribution in [0.15, 0.2) is 114 Å². The molecule has 8 heterocycles. The summed E-state index contributed by atoms with van der Waals surface area (Å²) in [4.78, 5) is 56.2. The number of aromatic nitrogens is 10. The second kappa shape index (κ2) is 30.6. The molecule has 0 fully saturated rings. The Morgan fingerprint density at radius 3 is 1.42 bits per heavy atom. The number of rotatable bonds is 17. The van der Waals surface area contributed by atoms with Gasteiger partial charge < -0.3 is 59.1 Å². The standard InChI is InChI=1S/C23H23F3N8O2.C17H10BrF3N6.C6H14N2O2.C4H11NO.C2H4BrNO/c1-22(2,36)13-27-12-19(35)31-18-11-14(8-9-28-18)29-21-16-6-4-10-34(16)33-20(32-21)15-5-3-7-17(30-15)23(24,25)26;18-14-9-10(6-7-22-14)23-16-12-4-2-8-27(12)26-15(25-16)11-3-1-5-13(24-11)17(19,20)21;1-6(2,10)4-8-3-5(7)9;1-4(2,6)3-5;3-1-2(4)5/h3-11,27,36H,12-13H2,1-2H3,(H2,28,29,31,32,33,35);1-9H,(H,22,23,25,26);8,10H,3-4H2,1-2H3,(H2,7,9);6H,3,5H2,1-2H3;1H2,(H2,4,5).